The first kappa shape index (κ1) is 21.4. The van der Waals surface area contributed by atoms with Crippen molar-refractivity contribution in [1.82, 2.24) is 20.0 Å². The molecule has 27 heavy (non-hydrogen) atoms. The van der Waals surface area contributed by atoms with Crippen molar-refractivity contribution in [3.05, 3.63) is 0 Å². The molecule has 0 aromatic heterocycles. The van der Waals surface area contributed by atoms with E-state index in [0.717, 1.165) is 19.6 Å². The van der Waals surface area contributed by atoms with Crippen molar-refractivity contribution in [3.63, 3.8) is 0 Å². The summed E-state index contributed by atoms with van der Waals surface area (Å²) in [5, 5.41) is 2.99. The molecule has 0 atom stereocenters. The van der Waals surface area contributed by atoms with E-state index < -0.39 is 0 Å². The van der Waals surface area contributed by atoms with E-state index in [2.05, 4.69) is 10.2 Å². The van der Waals surface area contributed by atoms with E-state index in [1.807, 2.05) is 0 Å². The Morgan fingerprint density at radius 3 is 2.41 bits per heavy atom. The molecular formula is C18H32N4O5. The number of hydrogen-bond acceptors (Lipinski definition) is 6. The molecule has 0 aliphatic carbocycles. The van der Waals surface area contributed by atoms with E-state index in [0.29, 0.717) is 52.3 Å². The molecule has 0 spiro atoms. The van der Waals surface area contributed by atoms with Crippen molar-refractivity contribution in [2.45, 2.75) is 32.7 Å². The lowest BCUT2D eigenvalue weighted by Gasteiger charge is -2.32. The molecule has 2 saturated heterocycles. The highest BCUT2D eigenvalue weighted by atomic mass is 16.6. The summed E-state index contributed by atoms with van der Waals surface area (Å²) in [5.74, 6) is -0.252. The topological polar surface area (TPSA) is 91.4 Å². The fourth-order valence-electron chi connectivity index (χ4n) is 3.30. The maximum atomic E-state index is 12.4. The van der Waals surface area contributed by atoms with Crippen molar-refractivity contribution in [3.8, 4) is 0 Å². The first-order chi connectivity index (χ1) is 13.0. The van der Waals surface area contributed by atoms with Crippen LogP contribution in [0, 0.1) is 0 Å². The third-order valence-electron chi connectivity index (χ3n) is 4.96. The first-order valence-corrected chi connectivity index (χ1v) is 9.76. The molecule has 2 rings (SSSR count). The maximum Gasteiger partial charge on any atom is 0.409 e. The Bertz CT molecular complexity index is 502. The van der Waals surface area contributed by atoms with Gasteiger partial charge < -0.3 is 24.6 Å². The highest BCUT2D eigenvalue weighted by molar-refractivity contribution is 5.84. The van der Waals surface area contributed by atoms with Crippen LogP contribution in [0.15, 0.2) is 0 Å². The molecule has 3 amide bonds. The lowest BCUT2D eigenvalue weighted by molar-refractivity contribution is -0.135. The SMILES string of the molecule is CCOC(=O)N1CCC(NC(=O)CN(CCN2CCOCC2)C(C)=O)CC1. The monoisotopic (exact) mass is 384 g/mol. The van der Waals surface area contributed by atoms with Crippen LogP contribution in [0.2, 0.25) is 0 Å². The number of rotatable bonds is 7. The summed E-state index contributed by atoms with van der Waals surface area (Å²) in [5.41, 5.74) is 0. The van der Waals surface area contributed by atoms with Crippen LogP contribution in [0.5, 0.6) is 0 Å². The summed E-state index contributed by atoms with van der Waals surface area (Å²) in [6.07, 6.45) is 1.09. The molecule has 0 radical (unpaired) electrons. The van der Waals surface area contributed by atoms with Gasteiger partial charge in [0.15, 0.2) is 0 Å². The Morgan fingerprint density at radius 2 is 1.81 bits per heavy atom. The van der Waals surface area contributed by atoms with Crippen LogP contribution in [-0.2, 0) is 19.1 Å². The molecule has 0 aromatic carbocycles. The number of carbonyl (C=O) groups excluding carboxylic acids is 3. The van der Waals surface area contributed by atoms with E-state index in [1.54, 1.807) is 16.7 Å². The van der Waals surface area contributed by atoms with Crippen molar-refractivity contribution in [1.29, 1.82) is 0 Å². The van der Waals surface area contributed by atoms with E-state index in [9.17, 15) is 14.4 Å². The van der Waals surface area contributed by atoms with Gasteiger partial charge in [0, 0.05) is 52.2 Å². The third kappa shape index (κ3) is 7.34. The molecule has 9 heteroatoms. The van der Waals surface area contributed by atoms with Gasteiger partial charge in [-0.1, -0.05) is 0 Å². The summed E-state index contributed by atoms with van der Waals surface area (Å²) in [7, 11) is 0. The lowest BCUT2D eigenvalue weighted by atomic mass is 10.1. The third-order valence-corrected chi connectivity index (χ3v) is 4.96. The minimum atomic E-state index is -0.298. The molecule has 0 unspecified atom stereocenters. The van der Waals surface area contributed by atoms with Gasteiger partial charge in [0.2, 0.25) is 11.8 Å². The van der Waals surface area contributed by atoms with Gasteiger partial charge in [-0.05, 0) is 19.8 Å². The fourth-order valence-corrected chi connectivity index (χ4v) is 3.30. The largest absolute Gasteiger partial charge is 0.450 e. The molecular weight excluding hydrogens is 352 g/mol. The molecule has 2 fully saturated rings. The van der Waals surface area contributed by atoms with Gasteiger partial charge in [0.25, 0.3) is 0 Å². The van der Waals surface area contributed by atoms with Gasteiger partial charge >= 0.3 is 6.09 Å². The Balaban J connectivity index is 1.70. The van der Waals surface area contributed by atoms with E-state index in [-0.39, 0.29) is 30.5 Å². The average molecular weight is 384 g/mol. The summed E-state index contributed by atoms with van der Waals surface area (Å²) in [6, 6.07) is 0.0243. The predicted molar refractivity (Wildman–Crippen MR) is 99.3 cm³/mol. The second-order valence-electron chi connectivity index (χ2n) is 6.92. The summed E-state index contributed by atoms with van der Waals surface area (Å²) >= 11 is 0. The lowest BCUT2D eigenvalue weighted by Crippen LogP contribution is -2.50. The predicted octanol–water partition coefficient (Wildman–Crippen LogP) is -0.0958. The highest BCUT2D eigenvalue weighted by Crippen LogP contribution is 2.11. The van der Waals surface area contributed by atoms with E-state index >= 15 is 0 Å². The molecule has 2 aliphatic heterocycles. The number of amides is 3. The highest BCUT2D eigenvalue weighted by Gasteiger charge is 2.25. The number of nitrogens with zero attached hydrogens (tertiary/aromatic N) is 3. The minimum Gasteiger partial charge on any atom is -0.450 e. The van der Waals surface area contributed by atoms with Crippen LogP contribution in [-0.4, -0.2) is 104 Å². The summed E-state index contributed by atoms with van der Waals surface area (Å²) in [6.45, 7) is 9.25. The van der Waals surface area contributed by atoms with Crippen molar-refractivity contribution < 1.29 is 23.9 Å². The zero-order valence-electron chi connectivity index (χ0n) is 16.4. The van der Waals surface area contributed by atoms with Crippen LogP contribution in [0.25, 0.3) is 0 Å². The second kappa shape index (κ2) is 11.1. The summed E-state index contributed by atoms with van der Waals surface area (Å²) < 4.78 is 10.3. The van der Waals surface area contributed by atoms with Crippen LogP contribution < -0.4 is 5.32 Å². The number of ether oxygens (including phenoxy) is 2. The molecule has 0 aromatic rings. The summed E-state index contributed by atoms with van der Waals surface area (Å²) in [4.78, 5) is 41.4. The van der Waals surface area contributed by atoms with Gasteiger partial charge in [0.1, 0.15) is 0 Å². The number of carbonyl (C=O) groups is 3. The first-order valence-electron chi connectivity index (χ1n) is 9.76. The normalized spacial score (nSPS) is 18.8. The zero-order valence-corrected chi connectivity index (χ0v) is 16.4. The molecule has 9 nitrogen and oxygen atoms in total. The Hall–Kier alpha value is -1.87. The van der Waals surface area contributed by atoms with Gasteiger partial charge in [-0.25, -0.2) is 4.79 Å². The molecule has 1 N–H and O–H groups in total. The van der Waals surface area contributed by atoms with Gasteiger partial charge in [-0.2, -0.15) is 0 Å². The van der Waals surface area contributed by atoms with E-state index in [4.69, 9.17) is 9.47 Å². The quantitative estimate of drug-likeness (QED) is 0.659. The number of morpholine rings is 1. The van der Waals surface area contributed by atoms with Gasteiger partial charge in [-0.15, -0.1) is 0 Å². The minimum absolute atomic E-state index is 0.0243. The molecule has 2 heterocycles. The molecule has 2 aliphatic rings. The number of nitrogens with one attached hydrogen (secondary N) is 1. The molecule has 0 bridgehead atoms. The van der Waals surface area contributed by atoms with Gasteiger partial charge in [-0.3, -0.25) is 14.5 Å². The van der Waals surface area contributed by atoms with Crippen LogP contribution in [0.3, 0.4) is 0 Å². The smallest absolute Gasteiger partial charge is 0.409 e. The molecule has 0 saturated carbocycles. The number of hydrogen-bond donors (Lipinski definition) is 1. The fraction of sp³-hybridized carbons (Fsp3) is 0.833. The zero-order chi connectivity index (χ0) is 19.6. The standard InChI is InChI=1S/C18H32N4O5/c1-3-27-18(25)21-6-4-16(5-7-21)19-17(24)14-22(15(2)23)9-8-20-10-12-26-13-11-20/h16H,3-14H2,1-2H3,(H,19,24). The van der Waals surface area contributed by atoms with E-state index in [1.165, 1.54) is 6.92 Å². The number of likely N-dealkylation sites (tertiary alicyclic amines) is 1. The van der Waals surface area contributed by atoms with Crippen molar-refractivity contribution in [2.75, 3.05) is 65.6 Å². The Kier molecular flexibility index (Phi) is 8.80. The molecule has 154 valence electrons. The Labute approximate surface area is 160 Å². The maximum absolute atomic E-state index is 12.4. The van der Waals surface area contributed by atoms with Crippen molar-refractivity contribution in [2.24, 2.45) is 0 Å². The average Bonchev–Trinajstić information content (AvgIpc) is 2.66. The van der Waals surface area contributed by atoms with Crippen LogP contribution in [0.4, 0.5) is 4.79 Å². The Morgan fingerprint density at radius 1 is 1.15 bits per heavy atom. The number of piperidine rings is 1. The second-order valence-corrected chi connectivity index (χ2v) is 6.92. The van der Waals surface area contributed by atoms with Gasteiger partial charge in [0.05, 0.1) is 26.4 Å². The van der Waals surface area contributed by atoms with Crippen molar-refractivity contribution >= 4 is 17.9 Å². The van der Waals surface area contributed by atoms with Crippen LogP contribution >= 0.6 is 0 Å². The van der Waals surface area contributed by atoms with Crippen LogP contribution in [0.1, 0.15) is 26.7 Å².